The molecule has 0 N–H and O–H groups in total. The number of fused-ring (bicyclic) bond motifs is 5. The maximum absolute atomic E-state index is 5.26. The van der Waals surface area contributed by atoms with E-state index in [0.717, 1.165) is 56.2 Å². The van der Waals surface area contributed by atoms with Crippen molar-refractivity contribution < 1.29 is 0 Å². The number of nitrogens with zero attached hydrogens (tertiary/aromatic N) is 3. The third kappa shape index (κ3) is 5.25. The molecule has 3 nitrogen and oxygen atoms in total. The van der Waals surface area contributed by atoms with Crippen LogP contribution in [-0.2, 0) is 5.41 Å². The average molecular weight is 656 g/mol. The fourth-order valence-corrected chi connectivity index (χ4v) is 8.03. The number of hydrogen-bond acceptors (Lipinski definition) is 3. The number of rotatable bonds is 5. The highest BCUT2D eigenvalue weighted by Crippen LogP contribution is 2.55. The summed E-state index contributed by atoms with van der Waals surface area (Å²) in [6.07, 6.45) is 0. The molecule has 8 aromatic rings. The van der Waals surface area contributed by atoms with E-state index in [0.29, 0.717) is 5.82 Å². The lowest BCUT2D eigenvalue weighted by molar-refractivity contribution is 0.666. The van der Waals surface area contributed by atoms with Crippen molar-refractivity contribution in [3.05, 3.63) is 174 Å². The summed E-state index contributed by atoms with van der Waals surface area (Å²) in [5, 5.41) is 2.54. The molecule has 3 heteroatoms. The van der Waals surface area contributed by atoms with Gasteiger partial charge in [-0.3, -0.25) is 4.98 Å². The molecule has 9 rings (SSSR count). The highest BCUT2D eigenvalue weighted by molar-refractivity contribution is 6.05. The van der Waals surface area contributed by atoms with Crippen LogP contribution >= 0.6 is 0 Å². The van der Waals surface area contributed by atoms with Crippen molar-refractivity contribution in [1.82, 2.24) is 15.0 Å². The second kappa shape index (κ2) is 12.0. The maximum atomic E-state index is 5.26. The number of aryl methyl sites for hydroxylation is 2. The van der Waals surface area contributed by atoms with Crippen LogP contribution in [0, 0.1) is 13.8 Å². The molecule has 0 saturated heterocycles. The van der Waals surface area contributed by atoms with Crippen LogP contribution in [-0.4, -0.2) is 15.0 Å². The molecule has 2 heterocycles. The topological polar surface area (TPSA) is 38.7 Å². The molecule has 6 aromatic carbocycles. The molecule has 0 aliphatic heterocycles. The van der Waals surface area contributed by atoms with Gasteiger partial charge in [-0.15, -0.1) is 0 Å². The Balaban J connectivity index is 1.36. The van der Waals surface area contributed by atoms with Crippen LogP contribution in [0.1, 0.15) is 36.4 Å². The second-order valence-corrected chi connectivity index (χ2v) is 14.1. The van der Waals surface area contributed by atoms with Crippen LogP contribution in [0.15, 0.2) is 152 Å². The summed E-state index contributed by atoms with van der Waals surface area (Å²) in [4.78, 5) is 15.4. The van der Waals surface area contributed by atoms with Crippen LogP contribution in [0.2, 0.25) is 0 Å². The fourth-order valence-electron chi connectivity index (χ4n) is 8.03. The van der Waals surface area contributed by atoms with E-state index in [1.807, 2.05) is 19.1 Å². The van der Waals surface area contributed by atoms with Gasteiger partial charge < -0.3 is 0 Å². The highest BCUT2D eigenvalue weighted by atomic mass is 14.9. The molecule has 244 valence electrons. The molecule has 0 unspecified atom stereocenters. The van der Waals surface area contributed by atoms with E-state index in [9.17, 15) is 0 Å². The molecule has 1 aliphatic carbocycles. The number of benzene rings is 6. The highest BCUT2D eigenvalue weighted by Gasteiger charge is 2.38. The quantitative estimate of drug-likeness (QED) is 0.185. The molecule has 0 saturated carbocycles. The molecular weight excluding hydrogens is 619 g/mol. The molecule has 51 heavy (non-hydrogen) atoms. The minimum Gasteiger partial charge on any atom is -0.258 e. The van der Waals surface area contributed by atoms with Crippen molar-refractivity contribution in [2.75, 3.05) is 0 Å². The Morgan fingerprint density at radius 1 is 0.451 bits per heavy atom. The molecule has 0 bridgehead atoms. The van der Waals surface area contributed by atoms with Gasteiger partial charge in [0.05, 0.1) is 11.4 Å². The zero-order valence-corrected chi connectivity index (χ0v) is 29.3. The molecular formula is C48H37N3. The fraction of sp³-hybridized carbons (Fsp3) is 0.104. The lowest BCUT2D eigenvalue weighted by Gasteiger charge is -2.24. The first kappa shape index (κ1) is 30.8. The first-order valence-corrected chi connectivity index (χ1v) is 17.6. The maximum Gasteiger partial charge on any atom is 0.160 e. The Morgan fingerprint density at radius 3 is 1.73 bits per heavy atom. The zero-order valence-electron chi connectivity index (χ0n) is 29.3. The molecule has 0 fully saturated rings. The van der Waals surface area contributed by atoms with E-state index >= 15 is 0 Å². The van der Waals surface area contributed by atoms with Gasteiger partial charge in [-0.25, -0.2) is 9.97 Å². The Kier molecular flexibility index (Phi) is 7.25. The molecule has 0 radical (unpaired) electrons. The summed E-state index contributed by atoms with van der Waals surface area (Å²) in [5.41, 5.74) is 16.6. The molecule has 0 atom stereocenters. The Hall–Kier alpha value is -6.19. The zero-order chi connectivity index (χ0) is 34.7. The summed E-state index contributed by atoms with van der Waals surface area (Å²) >= 11 is 0. The summed E-state index contributed by atoms with van der Waals surface area (Å²) in [7, 11) is 0. The summed E-state index contributed by atoms with van der Waals surface area (Å²) in [5.74, 6) is 0.689. The lowest BCUT2D eigenvalue weighted by atomic mass is 9.79. The standard InChI is InChI=1S/C48H37N3/c1-30-23-24-38(31(2)49-30)35-25-36(41-28-34-19-11-12-20-39(34)46-45(41)40-21-13-14-22-42(40)48(46,3)4)27-37(26-35)47-50-43(32-15-7-5-8-16-32)29-44(51-47)33-17-9-6-10-18-33/h5-29H,1-4H3. The monoisotopic (exact) mass is 655 g/mol. The van der Waals surface area contributed by atoms with Gasteiger partial charge >= 0.3 is 0 Å². The van der Waals surface area contributed by atoms with E-state index < -0.39 is 0 Å². The summed E-state index contributed by atoms with van der Waals surface area (Å²) in [6, 6.07) is 54.2. The van der Waals surface area contributed by atoms with Crippen molar-refractivity contribution in [3.63, 3.8) is 0 Å². The van der Waals surface area contributed by atoms with Crippen molar-refractivity contribution in [1.29, 1.82) is 0 Å². The number of pyridine rings is 1. The van der Waals surface area contributed by atoms with Crippen LogP contribution in [0.3, 0.4) is 0 Å². The van der Waals surface area contributed by atoms with Crippen molar-refractivity contribution in [2.24, 2.45) is 0 Å². The predicted octanol–water partition coefficient (Wildman–Crippen LogP) is 12.3. The average Bonchev–Trinajstić information content (AvgIpc) is 3.41. The van der Waals surface area contributed by atoms with Crippen LogP contribution < -0.4 is 0 Å². The second-order valence-electron chi connectivity index (χ2n) is 14.1. The number of aromatic nitrogens is 3. The van der Waals surface area contributed by atoms with Crippen molar-refractivity contribution in [3.8, 4) is 67.3 Å². The van der Waals surface area contributed by atoms with Crippen molar-refractivity contribution >= 4 is 10.8 Å². The third-order valence-electron chi connectivity index (χ3n) is 10.4. The van der Waals surface area contributed by atoms with Gasteiger partial charge in [0.2, 0.25) is 0 Å². The minimum atomic E-state index is -0.156. The molecule has 1 aliphatic rings. The third-order valence-corrected chi connectivity index (χ3v) is 10.4. The largest absolute Gasteiger partial charge is 0.258 e. The van der Waals surface area contributed by atoms with Crippen molar-refractivity contribution in [2.45, 2.75) is 33.1 Å². The Bertz CT molecular complexity index is 2560. The van der Waals surface area contributed by atoms with E-state index in [2.05, 4.69) is 160 Å². The van der Waals surface area contributed by atoms with Gasteiger partial charge in [0.25, 0.3) is 0 Å². The van der Waals surface area contributed by atoms with Gasteiger partial charge in [0.15, 0.2) is 5.82 Å². The van der Waals surface area contributed by atoms with Crippen LogP contribution in [0.5, 0.6) is 0 Å². The Labute approximate surface area is 299 Å². The van der Waals surface area contributed by atoms with Crippen LogP contribution in [0.25, 0.3) is 78.1 Å². The van der Waals surface area contributed by atoms with E-state index in [-0.39, 0.29) is 5.41 Å². The SMILES string of the molecule is Cc1ccc(-c2cc(-c3nc(-c4ccccc4)cc(-c4ccccc4)n3)cc(-c3cc4ccccc4c4c3-c3ccccc3C4(C)C)c2)c(C)n1. The van der Waals surface area contributed by atoms with Gasteiger partial charge in [-0.05, 0) is 100.0 Å². The van der Waals surface area contributed by atoms with E-state index in [4.69, 9.17) is 15.0 Å². The summed E-state index contributed by atoms with van der Waals surface area (Å²) < 4.78 is 0. The van der Waals surface area contributed by atoms with Crippen LogP contribution in [0.4, 0.5) is 0 Å². The first-order chi connectivity index (χ1) is 24.8. The first-order valence-electron chi connectivity index (χ1n) is 17.6. The lowest BCUT2D eigenvalue weighted by Crippen LogP contribution is -2.15. The normalized spacial score (nSPS) is 12.9. The van der Waals surface area contributed by atoms with Gasteiger partial charge in [-0.2, -0.15) is 0 Å². The molecule has 2 aromatic heterocycles. The van der Waals surface area contributed by atoms with Gasteiger partial charge in [0, 0.05) is 39.1 Å². The number of hydrogen-bond donors (Lipinski definition) is 0. The van der Waals surface area contributed by atoms with Gasteiger partial charge in [0.1, 0.15) is 0 Å². The van der Waals surface area contributed by atoms with E-state index in [1.54, 1.807) is 0 Å². The molecule has 0 amide bonds. The van der Waals surface area contributed by atoms with E-state index in [1.165, 1.54) is 38.6 Å². The van der Waals surface area contributed by atoms with Gasteiger partial charge in [-0.1, -0.05) is 129 Å². The predicted molar refractivity (Wildman–Crippen MR) is 212 cm³/mol. The Morgan fingerprint density at radius 2 is 1.04 bits per heavy atom. The summed E-state index contributed by atoms with van der Waals surface area (Å²) in [6.45, 7) is 8.88. The smallest absolute Gasteiger partial charge is 0.160 e. The minimum absolute atomic E-state index is 0.156. The molecule has 0 spiro atoms.